The fourth-order valence-corrected chi connectivity index (χ4v) is 4.38. The molecule has 0 aliphatic rings. The fourth-order valence-electron chi connectivity index (χ4n) is 3.25. The number of hydrogen-bond donors (Lipinski definition) is 1. The summed E-state index contributed by atoms with van der Waals surface area (Å²) in [6.07, 6.45) is -7.71. The predicted molar refractivity (Wildman–Crippen MR) is 118 cm³/mol. The van der Waals surface area contributed by atoms with Crippen molar-refractivity contribution in [2.45, 2.75) is 25.4 Å². The summed E-state index contributed by atoms with van der Waals surface area (Å²) < 4.78 is 68.3. The zero-order chi connectivity index (χ0) is 24.6. The van der Waals surface area contributed by atoms with Crippen LogP contribution in [0.4, 0.5) is 22.0 Å². The number of aliphatic hydroxyl groups excluding tert-OH is 1. The standard InChI is InChI=1S/C22H15ClF5N3O2S/c23-13-6-4-12(5-7-13)20-29-31(21(33)30(20)11-18(32)22(26,27)28)10-14-8-9-17(34-14)15-2-1-3-16(24)19(15)25/h1-9,18,32H,10-11H2/t18-/m0/s1. The lowest BCUT2D eigenvalue weighted by molar-refractivity contribution is -0.207. The molecule has 5 nitrogen and oxygen atoms in total. The van der Waals surface area contributed by atoms with E-state index in [9.17, 15) is 31.9 Å². The highest BCUT2D eigenvalue weighted by Gasteiger charge is 2.39. The Hall–Kier alpha value is -3.02. The number of aliphatic hydroxyl groups is 1. The van der Waals surface area contributed by atoms with Gasteiger partial charge in [-0.25, -0.2) is 18.3 Å². The van der Waals surface area contributed by atoms with Gasteiger partial charge in [-0.05, 0) is 42.5 Å². The molecule has 0 saturated heterocycles. The Bertz CT molecular complexity index is 1380. The number of rotatable bonds is 6. The maximum Gasteiger partial charge on any atom is 0.416 e. The monoisotopic (exact) mass is 515 g/mol. The summed E-state index contributed by atoms with van der Waals surface area (Å²) >= 11 is 6.95. The molecule has 0 saturated carbocycles. The molecule has 1 atom stereocenters. The average molecular weight is 516 g/mol. The van der Waals surface area contributed by atoms with Crippen molar-refractivity contribution in [2.75, 3.05) is 0 Å². The van der Waals surface area contributed by atoms with Gasteiger partial charge in [-0.15, -0.1) is 16.4 Å². The first-order valence-electron chi connectivity index (χ1n) is 9.76. The van der Waals surface area contributed by atoms with Crippen LogP contribution in [0.25, 0.3) is 21.8 Å². The van der Waals surface area contributed by atoms with E-state index in [4.69, 9.17) is 11.6 Å². The largest absolute Gasteiger partial charge is 0.416 e. The zero-order valence-electron chi connectivity index (χ0n) is 17.1. The summed E-state index contributed by atoms with van der Waals surface area (Å²) in [5, 5.41) is 14.1. The molecule has 0 radical (unpaired) electrons. The van der Waals surface area contributed by atoms with Crippen LogP contribution in [0.5, 0.6) is 0 Å². The van der Waals surface area contributed by atoms with Crippen molar-refractivity contribution in [1.29, 1.82) is 0 Å². The summed E-state index contributed by atoms with van der Waals surface area (Å²) in [5.74, 6) is -2.10. The molecule has 0 amide bonds. The van der Waals surface area contributed by atoms with E-state index in [0.717, 1.165) is 26.7 Å². The summed E-state index contributed by atoms with van der Waals surface area (Å²) in [6.45, 7) is -1.18. The van der Waals surface area contributed by atoms with Gasteiger partial charge in [0, 0.05) is 25.9 Å². The zero-order valence-corrected chi connectivity index (χ0v) is 18.6. The first kappa shape index (κ1) is 24.1. The topological polar surface area (TPSA) is 60.0 Å². The molecule has 0 spiro atoms. The van der Waals surface area contributed by atoms with Crippen molar-refractivity contribution in [2.24, 2.45) is 0 Å². The number of benzene rings is 2. The molecule has 2 heterocycles. The normalized spacial score (nSPS) is 12.8. The van der Waals surface area contributed by atoms with Crippen LogP contribution in [0.15, 0.2) is 59.4 Å². The van der Waals surface area contributed by atoms with Gasteiger partial charge >= 0.3 is 11.9 Å². The Morgan fingerprint density at radius 2 is 1.76 bits per heavy atom. The van der Waals surface area contributed by atoms with E-state index >= 15 is 0 Å². The SMILES string of the molecule is O=c1n(Cc2ccc(-c3cccc(F)c3F)s2)nc(-c2ccc(Cl)cc2)n1C[C@H](O)C(F)(F)F. The molecular weight excluding hydrogens is 501 g/mol. The molecule has 178 valence electrons. The van der Waals surface area contributed by atoms with Gasteiger partial charge in [-0.3, -0.25) is 4.57 Å². The first-order chi connectivity index (χ1) is 16.0. The Kier molecular flexibility index (Phi) is 6.61. The Balaban J connectivity index is 1.71. The molecule has 34 heavy (non-hydrogen) atoms. The quantitative estimate of drug-likeness (QED) is 0.352. The number of nitrogens with zero attached hydrogens (tertiary/aromatic N) is 3. The maximum atomic E-state index is 14.1. The summed E-state index contributed by atoms with van der Waals surface area (Å²) in [5.41, 5.74) is -0.507. The molecule has 0 bridgehead atoms. The van der Waals surface area contributed by atoms with Crippen molar-refractivity contribution in [3.63, 3.8) is 0 Å². The molecule has 0 unspecified atom stereocenters. The second-order valence-electron chi connectivity index (χ2n) is 7.31. The van der Waals surface area contributed by atoms with E-state index in [1.165, 1.54) is 36.4 Å². The van der Waals surface area contributed by atoms with Crippen LogP contribution in [0.1, 0.15) is 4.88 Å². The smallest absolute Gasteiger partial charge is 0.382 e. The van der Waals surface area contributed by atoms with Crippen LogP contribution in [0.2, 0.25) is 5.02 Å². The molecule has 4 rings (SSSR count). The van der Waals surface area contributed by atoms with Crippen molar-refractivity contribution >= 4 is 22.9 Å². The van der Waals surface area contributed by atoms with E-state index < -0.39 is 36.1 Å². The van der Waals surface area contributed by atoms with Crippen LogP contribution >= 0.6 is 22.9 Å². The van der Waals surface area contributed by atoms with Gasteiger partial charge in [0.2, 0.25) is 0 Å². The van der Waals surface area contributed by atoms with E-state index in [1.807, 2.05) is 0 Å². The minimum absolute atomic E-state index is 0.0456. The molecule has 2 aromatic heterocycles. The van der Waals surface area contributed by atoms with Gasteiger partial charge in [0.15, 0.2) is 23.6 Å². The van der Waals surface area contributed by atoms with Crippen LogP contribution in [0.3, 0.4) is 0 Å². The summed E-state index contributed by atoms with van der Waals surface area (Å²) in [6, 6.07) is 12.9. The molecular formula is C22H15ClF5N3O2S. The van der Waals surface area contributed by atoms with Crippen LogP contribution in [-0.4, -0.2) is 31.7 Å². The Morgan fingerprint density at radius 3 is 2.44 bits per heavy atom. The molecule has 0 aliphatic carbocycles. The minimum atomic E-state index is -4.93. The molecule has 0 aliphatic heterocycles. The number of hydrogen-bond acceptors (Lipinski definition) is 4. The predicted octanol–water partition coefficient (Wildman–Crippen LogP) is 5.34. The molecule has 4 aromatic rings. The third-order valence-corrected chi connectivity index (χ3v) is 6.30. The summed E-state index contributed by atoms with van der Waals surface area (Å²) in [4.78, 5) is 13.9. The van der Waals surface area contributed by atoms with Crippen LogP contribution in [0, 0.1) is 11.6 Å². The van der Waals surface area contributed by atoms with E-state index in [0.29, 0.717) is 20.3 Å². The number of halogens is 6. The minimum Gasteiger partial charge on any atom is -0.382 e. The lowest BCUT2D eigenvalue weighted by atomic mass is 10.2. The Morgan fingerprint density at radius 1 is 1.06 bits per heavy atom. The highest BCUT2D eigenvalue weighted by molar-refractivity contribution is 7.15. The van der Waals surface area contributed by atoms with Crippen LogP contribution in [-0.2, 0) is 13.1 Å². The first-order valence-corrected chi connectivity index (χ1v) is 11.0. The third kappa shape index (κ3) is 4.91. The fraction of sp³-hybridized carbons (Fsp3) is 0.182. The average Bonchev–Trinajstić information content (AvgIpc) is 3.36. The van der Waals surface area contributed by atoms with Crippen molar-refractivity contribution < 1.29 is 27.1 Å². The van der Waals surface area contributed by atoms with E-state index in [1.54, 1.807) is 12.1 Å². The van der Waals surface area contributed by atoms with Gasteiger partial charge in [0.1, 0.15) is 0 Å². The highest BCUT2D eigenvalue weighted by atomic mass is 35.5. The number of aromatic nitrogens is 3. The number of thiophene rings is 1. The molecule has 1 N–H and O–H groups in total. The van der Waals surface area contributed by atoms with Crippen molar-refractivity contribution in [1.82, 2.24) is 14.3 Å². The maximum absolute atomic E-state index is 14.1. The van der Waals surface area contributed by atoms with Gasteiger partial charge in [0.05, 0.1) is 13.1 Å². The summed E-state index contributed by atoms with van der Waals surface area (Å²) in [7, 11) is 0. The second-order valence-corrected chi connectivity index (χ2v) is 8.91. The van der Waals surface area contributed by atoms with Gasteiger partial charge < -0.3 is 5.11 Å². The van der Waals surface area contributed by atoms with E-state index in [2.05, 4.69) is 5.10 Å². The second kappa shape index (κ2) is 9.32. The molecule has 12 heteroatoms. The van der Waals surface area contributed by atoms with Crippen LogP contribution < -0.4 is 5.69 Å². The van der Waals surface area contributed by atoms with Crippen molar-refractivity contribution in [3.05, 3.63) is 86.6 Å². The van der Waals surface area contributed by atoms with Gasteiger partial charge in [0.25, 0.3) is 0 Å². The Labute approximate surface area is 198 Å². The lowest BCUT2D eigenvalue weighted by Gasteiger charge is -2.15. The number of alkyl halides is 3. The van der Waals surface area contributed by atoms with Gasteiger partial charge in [-0.1, -0.05) is 23.7 Å². The molecule has 2 aromatic carbocycles. The lowest BCUT2D eigenvalue weighted by Crippen LogP contribution is -2.37. The third-order valence-electron chi connectivity index (χ3n) is 4.94. The van der Waals surface area contributed by atoms with Crippen molar-refractivity contribution in [3.8, 4) is 21.8 Å². The highest BCUT2D eigenvalue weighted by Crippen LogP contribution is 2.31. The van der Waals surface area contributed by atoms with Gasteiger partial charge in [-0.2, -0.15) is 13.2 Å². The molecule has 0 fully saturated rings. The van der Waals surface area contributed by atoms with E-state index in [-0.39, 0.29) is 17.9 Å².